The number of piperazine rings is 1. The lowest BCUT2D eigenvalue weighted by Crippen LogP contribution is -2.49. The molecule has 0 bridgehead atoms. The Morgan fingerprint density at radius 1 is 0.977 bits per heavy atom. The predicted octanol–water partition coefficient (Wildman–Crippen LogP) is 2.20. The maximum Gasteiger partial charge on any atom is 0.229 e. The molecule has 2 aliphatic heterocycles. The molecular weight excluding hydrogens is 595 g/mol. The first-order chi connectivity index (χ1) is 20.3. The van der Waals surface area contributed by atoms with Gasteiger partial charge in [0.2, 0.25) is 20.0 Å². The largest absolute Gasteiger partial charge is 0.390 e. The zero-order chi connectivity index (χ0) is 30.9. The van der Waals surface area contributed by atoms with Gasteiger partial charge in [0.15, 0.2) is 0 Å². The highest BCUT2D eigenvalue weighted by Crippen LogP contribution is 2.33. The summed E-state index contributed by atoms with van der Waals surface area (Å²) >= 11 is 0. The summed E-state index contributed by atoms with van der Waals surface area (Å²) in [4.78, 5) is 4.35. The van der Waals surface area contributed by atoms with Gasteiger partial charge in [-0.15, -0.1) is 0 Å². The Balaban J connectivity index is 1.29. The van der Waals surface area contributed by atoms with Crippen molar-refractivity contribution in [2.75, 3.05) is 61.4 Å². The summed E-state index contributed by atoms with van der Waals surface area (Å²) in [7, 11) is -6.82. The number of aliphatic hydroxyl groups is 1. The van der Waals surface area contributed by atoms with Crippen molar-refractivity contribution >= 4 is 31.4 Å². The molecule has 1 saturated heterocycles. The van der Waals surface area contributed by atoms with Crippen LogP contribution >= 0.6 is 0 Å². The molecule has 1 aromatic heterocycles. The first-order valence-electron chi connectivity index (χ1n) is 14.2. The number of hydrogen-bond donors (Lipinski definition) is 2. The van der Waals surface area contributed by atoms with Crippen LogP contribution in [-0.2, 0) is 46.2 Å². The highest BCUT2D eigenvalue weighted by molar-refractivity contribution is 7.92. The van der Waals surface area contributed by atoms with Crippen molar-refractivity contribution in [2.45, 2.75) is 39.2 Å². The van der Waals surface area contributed by atoms with Gasteiger partial charge in [-0.05, 0) is 24.1 Å². The summed E-state index contributed by atoms with van der Waals surface area (Å²) in [5, 5.41) is 16.0. The molecule has 0 radical (unpaired) electrons. The Morgan fingerprint density at radius 2 is 1.67 bits per heavy atom. The SMILES string of the molecule is Cc1cccc(NS(C)(=O)=O)c1N1CCN(CC(O)Cn2nc(-c3ccc(CF)cc3)c3c2CCN(S(C)(=O)=O)C3)CC1. The van der Waals surface area contributed by atoms with Crippen molar-refractivity contribution in [1.82, 2.24) is 19.0 Å². The van der Waals surface area contributed by atoms with Crippen LogP contribution in [0.15, 0.2) is 42.5 Å². The molecule has 11 nitrogen and oxygen atoms in total. The second kappa shape index (κ2) is 12.5. The van der Waals surface area contributed by atoms with Crippen LogP contribution in [0.3, 0.4) is 0 Å². The lowest BCUT2D eigenvalue weighted by atomic mass is 10.0. The van der Waals surface area contributed by atoms with Gasteiger partial charge in [-0.1, -0.05) is 36.4 Å². The Kier molecular flexibility index (Phi) is 9.14. The van der Waals surface area contributed by atoms with Gasteiger partial charge in [0.25, 0.3) is 0 Å². The highest BCUT2D eigenvalue weighted by Gasteiger charge is 2.31. The number of alkyl halides is 1. The average molecular weight is 635 g/mol. The second-order valence-corrected chi connectivity index (χ2v) is 15.2. The number of aryl methyl sites for hydroxylation is 1. The number of nitrogens with zero attached hydrogens (tertiary/aromatic N) is 5. The third-order valence-electron chi connectivity index (χ3n) is 8.02. The monoisotopic (exact) mass is 634 g/mol. The molecule has 0 saturated carbocycles. The molecule has 0 spiro atoms. The normalized spacial score (nSPS) is 17.6. The topological polar surface area (TPSA) is 128 Å². The maximum absolute atomic E-state index is 13.1. The number of para-hydroxylation sites is 1. The van der Waals surface area contributed by atoms with E-state index in [0.29, 0.717) is 62.6 Å². The number of benzene rings is 2. The first kappa shape index (κ1) is 31.4. The van der Waals surface area contributed by atoms with Crippen LogP contribution in [0.4, 0.5) is 15.8 Å². The van der Waals surface area contributed by atoms with Gasteiger partial charge in [-0.25, -0.2) is 21.2 Å². The first-order valence-corrected chi connectivity index (χ1v) is 18.0. The van der Waals surface area contributed by atoms with Crippen molar-refractivity contribution in [1.29, 1.82) is 0 Å². The van der Waals surface area contributed by atoms with Crippen LogP contribution in [0.25, 0.3) is 11.3 Å². The van der Waals surface area contributed by atoms with Gasteiger partial charge in [-0.2, -0.15) is 9.40 Å². The van der Waals surface area contributed by atoms with Crippen molar-refractivity contribution < 1.29 is 26.3 Å². The van der Waals surface area contributed by atoms with Crippen LogP contribution in [0.2, 0.25) is 0 Å². The molecule has 5 rings (SSSR count). The lowest BCUT2D eigenvalue weighted by molar-refractivity contribution is 0.0911. The van der Waals surface area contributed by atoms with Crippen LogP contribution in [0, 0.1) is 6.92 Å². The minimum absolute atomic E-state index is 0.196. The predicted molar refractivity (Wildman–Crippen MR) is 166 cm³/mol. The van der Waals surface area contributed by atoms with Crippen LogP contribution in [-0.4, -0.2) is 98.8 Å². The Labute approximate surface area is 253 Å². The molecule has 234 valence electrons. The van der Waals surface area contributed by atoms with Gasteiger partial charge < -0.3 is 10.0 Å². The van der Waals surface area contributed by atoms with Crippen LogP contribution in [0.5, 0.6) is 0 Å². The zero-order valence-electron chi connectivity index (χ0n) is 24.7. The number of nitrogens with one attached hydrogen (secondary N) is 1. The fraction of sp³-hybridized carbons (Fsp3) is 0.483. The molecule has 1 atom stereocenters. The van der Waals surface area contributed by atoms with Crippen molar-refractivity contribution in [3.05, 3.63) is 64.8 Å². The van der Waals surface area contributed by atoms with E-state index in [1.165, 1.54) is 10.6 Å². The molecule has 2 aromatic carbocycles. The molecule has 1 unspecified atom stereocenters. The number of sulfonamides is 2. The molecular formula is C29H39FN6O5S2. The Hall–Kier alpha value is -3.04. The molecule has 2 aliphatic rings. The fourth-order valence-electron chi connectivity index (χ4n) is 5.95. The summed E-state index contributed by atoms with van der Waals surface area (Å²) < 4.78 is 67.4. The summed E-state index contributed by atoms with van der Waals surface area (Å²) in [6, 6.07) is 12.5. The average Bonchev–Trinajstić information content (AvgIpc) is 3.30. The Morgan fingerprint density at radius 3 is 2.30 bits per heavy atom. The number of hydrogen-bond acceptors (Lipinski definition) is 8. The summed E-state index contributed by atoms with van der Waals surface area (Å²) in [6.45, 7) is 5.34. The van der Waals surface area contributed by atoms with Crippen molar-refractivity contribution in [3.8, 4) is 11.3 Å². The van der Waals surface area contributed by atoms with E-state index in [0.717, 1.165) is 34.3 Å². The second-order valence-electron chi connectivity index (χ2n) is 11.4. The van der Waals surface area contributed by atoms with Gasteiger partial charge in [0.1, 0.15) is 6.67 Å². The number of rotatable bonds is 10. The number of aromatic nitrogens is 2. The minimum atomic E-state index is -3.42. The van der Waals surface area contributed by atoms with E-state index in [4.69, 9.17) is 5.10 Å². The summed E-state index contributed by atoms with van der Waals surface area (Å²) in [6.07, 6.45) is 2.10. The molecule has 1 fully saturated rings. The van der Waals surface area contributed by atoms with Gasteiger partial charge in [-0.3, -0.25) is 14.3 Å². The van der Waals surface area contributed by atoms with Gasteiger partial charge in [0.05, 0.1) is 42.2 Å². The summed E-state index contributed by atoms with van der Waals surface area (Å²) in [5.41, 5.74) is 6.09. The third-order valence-corrected chi connectivity index (χ3v) is 9.86. The molecule has 3 heterocycles. The number of fused-ring (bicyclic) bond motifs is 1. The molecule has 43 heavy (non-hydrogen) atoms. The quantitative estimate of drug-likeness (QED) is 0.348. The molecule has 0 amide bonds. The van der Waals surface area contributed by atoms with E-state index < -0.39 is 32.8 Å². The third kappa shape index (κ3) is 7.37. The molecule has 14 heteroatoms. The standard InChI is InChI=1S/C29H39FN6O5S2/c1-21-5-4-6-26(32-42(2,38)39)29(21)34-15-13-33(14-16-34)18-24(37)19-36-27-11-12-35(43(3,40)41)20-25(27)28(31-36)23-9-7-22(17-30)8-10-23/h4-10,24,32,37H,11-20H2,1-3H3. The number of halogens is 1. The Bertz CT molecular complexity index is 1670. The maximum atomic E-state index is 13.1. The van der Waals surface area contributed by atoms with E-state index in [9.17, 15) is 26.3 Å². The van der Waals surface area contributed by atoms with Crippen LogP contribution < -0.4 is 9.62 Å². The van der Waals surface area contributed by atoms with Gasteiger partial charge >= 0.3 is 0 Å². The van der Waals surface area contributed by atoms with Crippen molar-refractivity contribution in [3.63, 3.8) is 0 Å². The molecule has 3 aromatic rings. The summed E-state index contributed by atoms with van der Waals surface area (Å²) in [5.74, 6) is 0. The van der Waals surface area contributed by atoms with Gasteiger partial charge in [0, 0.05) is 69.1 Å². The molecule has 0 aliphatic carbocycles. The number of aliphatic hydroxyl groups excluding tert-OH is 1. The highest BCUT2D eigenvalue weighted by atomic mass is 32.2. The van der Waals surface area contributed by atoms with E-state index in [1.54, 1.807) is 35.0 Å². The van der Waals surface area contributed by atoms with E-state index in [2.05, 4.69) is 14.5 Å². The van der Waals surface area contributed by atoms with Crippen molar-refractivity contribution in [2.24, 2.45) is 0 Å². The zero-order valence-corrected chi connectivity index (χ0v) is 26.3. The number of β-amino-alcohol motifs (C(OH)–C–C–N with tert-alkyl or cyclic N) is 1. The lowest BCUT2D eigenvalue weighted by Gasteiger charge is -2.38. The smallest absolute Gasteiger partial charge is 0.229 e. The van der Waals surface area contributed by atoms with E-state index in [1.807, 2.05) is 19.1 Å². The molecule has 2 N–H and O–H groups in total. The fourth-order valence-corrected chi connectivity index (χ4v) is 7.30. The van der Waals surface area contributed by atoms with E-state index in [-0.39, 0.29) is 13.1 Å². The number of anilines is 2. The van der Waals surface area contributed by atoms with Crippen LogP contribution in [0.1, 0.15) is 22.4 Å². The van der Waals surface area contributed by atoms with E-state index >= 15 is 0 Å². The minimum Gasteiger partial charge on any atom is -0.390 e.